The highest BCUT2D eigenvalue weighted by Gasteiger charge is 2.28. The number of hydrogen-bond donors (Lipinski definition) is 1. The van der Waals surface area contributed by atoms with E-state index in [1.54, 1.807) is 0 Å². The van der Waals surface area contributed by atoms with E-state index in [-0.39, 0.29) is 0 Å². The Hall–Kier alpha value is -0.870. The number of halogens is 1. The molecule has 0 radical (unpaired) electrons. The zero-order valence-electron chi connectivity index (χ0n) is 12.0. The van der Waals surface area contributed by atoms with Crippen molar-refractivity contribution in [3.63, 3.8) is 0 Å². The quantitative estimate of drug-likeness (QED) is 0.642. The zero-order valence-corrected chi connectivity index (χ0v) is 12.7. The van der Waals surface area contributed by atoms with Gasteiger partial charge in [0.15, 0.2) is 0 Å². The molecule has 2 fully saturated rings. The molecule has 0 spiro atoms. The summed E-state index contributed by atoms with van der Waals surface area (Å²) in [5, 5.41) is 3.91. The molecule has 1 heterocycles. The van der Waals surface area contributed by atoms with Crippen LogP contribution in [0.25, 0.3) is 0 Å². The third-order valence-corrected chi connectivity index (χ3v) is 4.46. The standard InChI is InChI=1S/C15H22ClN3O/c1-10-13(16)18-15(11-6-7-11)19-14(10)17-8-9-20-12-4-2-3-5-12/h11-12H,2-9H2,1H3,(H,17,18,19). The predicted octanol–water partition coefficient (Wildman–Crippen LogP) is 3.69. The van der Waals surface area contributed by atoms with Crippen molar-refractivity contribution >= 4 is 17.4 Å². The molecule has 20 heavy (non-hydrogen) atoms. The fourth-order valence-corrected chi connectivity index (χ4v) is 2.83. The Kier molecular flexibility index (Phi) is 4.41. The molecular formula is C15H22ClN3O. The highest BCUT2D eigenvalue weighted by atomic mass is 35.5. The number of hydrogen-bond acceptors (Lipinski definition) is 4. The minimum Gasteiger partial charge on any atom is -0.376 e. The molecule has 0 aromatic carbocycles. The first-order valence-corrected chi connectivity index (χ1v) is 8.01. The lowest BCUT2D eigenvalue weighted by molar-refractivity contribution is 0.0658. The van der Waals surface area contributed by atoms with Gasteiger partial charge in [-0.25, -0.2) is 9.97 Å². The Morgan fingerprint density at radius 3 is 2.65 bits per heavy atom. The fourth-order valence-electron chi connectivity index (χ4n) is 2.65. The maximum Gasteiger partial charge on any atom is 0.137 e. The van der Waals surface area contributed by atoms with E-state index in [9.17, 15) is 0 Å². The second kappa shape index (κ2) is 6.27. The number of nitrogens with zero attached hydrogens (tertiary/aromatic N) is 2. The lowest BCUT2D eigenvalue weighted by Gasteiger charge is -2.14. The van der Waals surface area contributed by atoms with Gasteiger partial charge >= 0.3 is 0 Å². The lowest BCUT2D eigenvalue weighted by atomic mass is 10.3. The minimum atomic E-state index is 0.467. The van der Waals surface area contributed by atoms with Crippen LogP contribution in [0.1, 0.15) is 55.8 Å². The van der Waals surface area contributed by atoms with E-state index in [1.807, 2.05) is 6.92 Å². The van der Waals surface area contributed by atoms with Gasteiger partial charge in [-0.05, 0) is 32.6 Å². The highest BCUT2D eigenvalue weighted by molar-refractivity contribution is 6.30. The first-order valence-electron chi connectivity index (χ1n) is 7.63. The summed E-state index contributed by atoms with van der Waals surface area (Å²) in [6.45, 7) is 3.46. The Morgan fingerprint density at radius 2 is 1.95 bits per heavy atom. The topological polar surface area (TPSA) is 47.0 Å². The van der Waals surface area contributed by atoms with Crippen LogP contribution in [-0.2, 0) is 4.74 Å². The van der Waals surface area contributed by atoms with Gasteiger partial charge in [0, 0.05) is 18.0 Å². The van der Waals surface area contributed by atoms with E-state index < -0.39 is 0 Å². The Labute approximate surface area is 125 Å². The molecule has 1 aromatic heterocycles. The van der Waals surface area contributed by atoms with Gasteiger partial charge in [-0.1, -0.05) is 24.4 Å². The smallest absolute Gasteiger partial charge is 0.137 e. The Balaban J connectivity index is 1.53. The maximum atomic E-state index is 6.18. The number of ether oxygens (including phenoxy) is 1. The van der Waals surface area contributed by atoms with Crippen molar-refractivity contribution in [2.24, 2.45) is 0 Å². The molecule has 0 atom stereocenters. The molecule has 5 heteroatoms. The van der Waals surface area contributed by atoms with Crippen molar-refractivity contribution in [1.82, 2.24) is 9.97 Å². The molecule has 110 valence electrons. The van der Waals surface area contributed by atoms with Crippen LogP contribution in [0.3, 0.4) is 0 Å². The summed E-state index contributed by atoms with van der Waals surface area (Å²) in [6.07, 6.45) is 7.88. The molecule has 3 rings (SSSR count). The van der Waals surface area contributed by atoms with Gasteiger partial charge in [-0.15, -0.1) is 0 Å². The number of anilines is 1. The van der Waals surface area contributed by atoms with Crippen LogP contribution in [0.2, 0.25) is 5.15 Å². The van der Waals surface area contributed by atoms with Gasteiger partial charge in [0.25, 0.3) is 0 Å². The molecule has 0 bridgehead atoms. The van der Waals surface area contributed by atoms with Crippen LogP contribution in [0.5, 0.6) is 0 Å². The second-order valence-electron chi connectivity index (χ2n) is 5.82. The van der Waals surface area contributed by atoms with Gasteiger partial charge in [0.05, 0.1) is 12.7 Å². The number of nitrogens with one attached hydrogen (secondary N) is 1. The molecule has 1 N–H and O–H groups in total. The van der Waals surface area contributed by atoms with Gasteiger partial charge in [0.1, 0.15) is 16.8 Å². The summed E-state index contributed by atoms with van der Waals surface area (Å²) in [7, 11) is 0. The molecule has 0 unspecified atom stereocenters. The monoisotopic (exact) mass is 295 g/mol. The third kappa shape index (κ3) is 3.41. The molecule has 0 amide bonds. The normalized spacial score (nSPS) is 19.5. The van der Waals surface area contributed by atoms with Gasteiger partial charge in [-0.3, -0.25) is 0 Å². The molecule has 1 aromatic rings. The Bertz CT molecular complexity index is 470. The summed E-state index contributed by atoms with van der Waals surface area (Å²) in [5.41, 5.74) is 0.928. The first kappa shape index (κ1) is 14.1. The van der Waals surface area contributed by atoms with Crippen LogP contribution >= 0.6 is 11.6 Å². The molecule has 2 aliphatic carbocycles. The minimum absolute atomic E-state index is 0.467. The van der Waals surface area contributed by atoms with Crippen molar-refractivity contribution in [2.45, 2.75) is 57.5 Å². The first-order chi connectivity index (χ1) is 9.74. The molecule has 2 aliphatic rings. The van der Waals surface area contributed by atoms with Crippen LogP contribution in [-0.4, -0.2) is 29.2 Å². The van der Waals surface area contributed by atoms with Crippen LogP contribution in [0, 0.1) is 6.92 Å². The van der Waals surface area contributed by atoms with E-state index >= 15 is 0 Å². The van der Waals surface area contributed by atoms with E-state index in [1.165, 1.54) is 38.5 Å². The van der Waals surface area contributed by atoms with Crippen LogP contribution < -0.4 is 5.32 Å². The van der Waals surface area contributed by atoms with Crippen molar-refractivity contribution in [3.05, 3.63) is 16.5 Å². The van der Waals surface area contributed by atoms with E-state index in [4.69, 9.17) is 16.3 Å². The van der Waals surface area contributed by atoms with Gasteiger partial charge in [0.2, 0.25) is 0 Å². The van der Waals surface area contributed by atoms with Crippen molar-refractivity contribution in [3.8, 4) is 0 Å². The van der Waals surface area contributed by atoms with Crippen molar-refractivity contribution in [2.75, 3.05) is 18.5 Å². The van der Waals surface area contributed by atoms with E-state index in [0.717, 1.165) is 30.4 Å². The molecule has 0 saturated heterocycles. The van der Waals surface area contributed by atoms with Crippen molar-refractivity contribution < 1.29 is 4.74 Å². The summed E-state index contributed by atoms with van der Waals surface area (Å²) < 4.78 is 5.85. The lowest BCUT2D eigenvalue weighted by Crippen LogP contribution is -2.17. The van der Waals surface area contributed by atoms with Crippen molar-refractivity contribution in [1.29, 1.82) is 0 Å². The molecular weight excluding hydrogens is 274 g/mol. The summed E-state index contributed by atoms with van der Waals surface area (Å²) in [6, 6.07) is 0. The average molecular weight is 296 g/mol. The highest BCUT2D eigenvalue weighted by Crippen LogP contribution is 2.39. The number of aromatic nitrogens is 2. The van der Waals surface area contributed by atoms with Crippen LogP contribution in [0.15, 0.2) is 0 Å². The predicted molar refractivity (Wildman–Crippen MR) is 80.5 cm³/mol. The Morgan fingerprint density at radius 1 is 1.20 bits per heavy atom. The number of rotatable bonds is 6. The fraction of sp³-hybridized carbons (Fsp3) is 0.733. The van der Waals surface area contributed by atoms with E-state index in [0.29, 0.717) is 17.2 Å². The van der Waals surface area contributed by atoms with E-state index in [2.05, 4.69) is 15.3 Å². The second-order valence-corrected chi connectivity index (χ2v) is 6.18. The SMILES string of the molecule is Cc1c(Cl)nc(C2CC2)nc1NCCOC1CCCC1. The molecule has 2 saturated carbocycles. The summed E-state index contributed by atoms with van der Waals surface area (Å²) >= 11 is 6.18. The summed E-state index contributed by atoms with van der Waals surface area (Å²) in [5.74, 6) is 2.27. The molecule has 0 aliphatic heterocycles. The average Bonchev–Trinajstić information content (AvgIpc) is 3.16. The van der Waals surface area contributed by atoms with Gasteiger partial charge in [-0.2, -0.15) is 0 Å². The van der Waals surface area contributed by atoms with Gasteiger partial charge < -0.3 is 10.1 Å². The third-order valence-electron chi connectivity index (χ3n) is 4.10. The zero-order chi connectivity index (χ0) is 13.9. The largest absolute Gasteiger partial charge is 0.376 e. The molecule has 4 nitrogen and oxygen atoms in total. The summed E-state index contributed by atoms with van der Waals surface area (Å²) in [4.78, 5) is 8.97. The maximum absolute atomic E-state index is 6.18. The van der Waals surface area contributed by atoms with Crippen LogP contribution in [0.4, 0.5) is 5.82 Å².